The molecule has 102 valence electrons. The van der Waals surface area contributed by atoms with E-state index in [4.69, 9.17) is 0 Å². The first-order valence-electron chi connectivity index (χ1n) is 5.55. The standard InChI is InChI=1S/C11H19N3O2S2/c1-9(8-17-4)14(3)18(15,16)11-10(12-2)6-5-7-13-11/h5-7,9,12H,8H2,1-4H3. The van der Waals surface area contributed by atoms with Crippen molar-refractivity contribution in [1.82, 2.24) is 9.29 Å². The molecule has 0 fully saturated rings. The van der Waals surface area contributed by atoms with Gasteiger partial charge in [-0.25, -0.2) is 13.4 Å². The Balaban J connectivity index is 3.13. The molecule has 0 saturated carbocycles. The van der Waals surface area contributed by atoms with Crippen molar-refractivity contribution in [3.63, 3.8) is 0 Å². The molecular formula is C11H19N3O2S2. The monoisotopic (exact) mass is 289 g/mol. The lowest BCUT2D eigenvalue weighted by Gasteiger charge is -2.24. The van der Waals surface area contributed by atoms with Crippen LogP contribution in [0.4, 0.5) is 5.69 Å². The molecule has 1 N–H and O–H groups in total. The van der Waals surface area contributed by atoms with E-state index in [2.05, 4.69) is 10.3 Å². The predicted octanol–water partition coefficient (Wildman–Crippen LogP) is 1.50. The SMILES string of the molecule is CNc1cccnc1S(=O)(=O)N(C)C(C)CSC. The van der Waals surface area contributed by atoms with E-state index in [1.807, 2.05) is 13.2 Å². The van der Waals surface area contributed by atoms with E-state index in [0.717, 1.165) is 5.75 Å². The van der Waals surface area contributed by atoms with Gasteiger partial charge in [-0.3, -0.25) is 0 Å². The Labute approximate surface area is 113 Å². The maximum Gasteiger partial charge on any atom is 0.262 e. The number of aromatic nitrogens is 1. The normalized spacial score (nSPS) is 13.6. The van der Waals surface area contributed by atoms with Crippen molar-refractivity contribution in [2.45, 2.75) is 18.0 Å². The smallest absolute Gasteiger partial charge is 0.262 e. The average Bonchev–Trinajstić information content (AvgIpc) is 2.38. The van der Waals surface area contributed by atoms with Crippen LogP contribution in [-0.2, 0) is 10.0 Å². The molecule has 7 heteroatoms. The molecule has 0 aliphatic carbocycles. The fraction of sp³-hybridized carbons (Fsp3) is 0.545. The first kappa shape index (κ1) is 15.3. The van der Waals surface area contributed by atoms with Gasteiger partial charge in [-0.15, -0.1) is 0 Å². The molecule has 1 unspecified atom stereocenters. The third kappa shape index (κ3) is 3.15. The number of hydrogen-bond donors (Lipinski definition) is 1. The fourth-order valence-corrected chi connectivity index (χ4v) is 3.77. The van der Waals surface area contributed by atoms with E-state index in [-0.39, 0.29) is 11.1 Å². The summed E-state index contributed by atoms with van der Waals surface area (Å²) in [6, 6.07) is 3.33. The molecule has 0 spiro atoms. The largest absolute Gasteiger partial charge is 0.386 e. The molecule has 1 rings (SSSR count). The Hall–Kier alpha value is -0.790. The van der Waals surface area contributed by atoms with Crippen LogP contribution in [-0.4, -0.2) is 49.9 Å². The van der Waals surface area contributed by atoms with E-state index in [0.29, 0.717) is 5.69 Å². The molecule has 0 radical (unpaired) electrons. The average molecular weight is 289 g/mol. The molecule has 0 aliphatic rings. The summed E-state index contributed by atoms with van der Waals surface area (Å²) in [5.41, 5.74) is 0.515. The van der Waals surface area contributed by atoms with Crippen LogP contribution in [0, 0.1) is 0 Å². The fourth-order valence-electron chi connectivity index (χ4n) is 1.51. The zero-order valence-electron chi connectivity index (χ0n) is 11.0. The van der Waals surface area contributed by atoms with Crippen LogP contribution >= 0.6 is 11.8 Å². The van der Waals surface area contributed by atoms with Crippen molar-refractivity contribution in [2.24, 2.45) is 0 Å². The van der Waals surface area contributed by atoms with Crippen LogP contribution in [0.5, 0.6) is 0 Å². The van der Waals surface area contributed by atoms with Gasteiger partial charge >= 0.3 is 0 Å². The maximum absolute atomic E-state index is 12.4. The molecule has 1 aromatic rings. The van der Waals surface area contributed by atoms with Gasteiger partial charge in [0.1, 0.15) is 0 Å². The van der Waals surface area contributed by atoms with Crippen LogP contribution in [0.3, 0.4) is 0 Å². The van der Waals surface area contributed by atoms with Gasteiger partial charge in [0.25, 0.3) is 10.0 Å². The topological polar surface area (TPSA) is 62.3 Å². The van der Waals surface area contributed by atoms with Gasteiger partial charge in [0.15, 0.2) is 5.03 Å². The van der Waals surface area contributed by atoms with E-state index in [1.165, 1.54) is 10.5 Å². The van der Waals surface area contributed by atoms with E-state index in [9.17, 15) is 8.42 Å². The second kappa shape index (κ2) is 6.40. The van der Waals surface area contributed by atoms with Crippen LogP contribution < -0.4 is 5.32 Å². The Bertz CT molecular complexity index is 491. The summed E-state index contributed by atoms with van der Waals surface area (Å²) < 4.78 is 26.3. The first-order valence-corrected chi connectivity index (χ1v) is 8.38. The molecule has 5 nitrogen and oxygen atoms in total. The lowest BCUT2D eigenvalue weighted by atomic mass is 10.4. The lowest BCUT2D eigenvalue weighted by molar-refractivity contribution is 0.413. The number of pyridine rings is 1. The molecule has 1 aromatic heterocycles. The number of nitrogens with one attached hydrogen (secondary N) is 1. The molecule has 0 aliphatic heterocycles. The summed E-state index contributed by atoms with van der Waals surface area (Å²) in [6.07, 6.45) is 3.44. The minimum atomic E-state index is -3.56. The van der Waals surface area contributed by atoms with E-state index in [1.54, 1.807) is 38.0 Å². The van der Waals surface area contributed by atoms with Crippen molar-refractivity contribution >= 4 is 27.5 Å². The highest BCUT2D eigenvalue weighted by molar-refractivity contribution is 7.98. The molecule has 0 saturated heterocycles. The number of sulfonamides is 1. The zero-order chi connectivity index (χ0) is 13.8. The van der Waals surface area contributed by atoms with Gasteiger partial charge in [-0.2, -0.15) is 16.1 Å². The minimum absolute atomic E-state index is 0.0722. The molecule has 0 bridgehead atoms. The Morgan fingerprint density at radius 1 is 1.56 bits per heavy atom. The van der Waals surface area contributed by atoms with Crippen LogP contribution in [0.15, 0.2) is 23.4 Å². The van der Waals surface area contributed by atoms with Crippen molar-refractivity contribution in [3.8, 4) is 0 Å². The molecule has 1 heterocycles. The quantitative estimate of drug-likeness (QED) is 0.860. The van der Waals surface area contributed by atoms with Gasteiger partial charge in [0, 0.05) is 32.1 Å². The number of anilines is 1. The first-order chi connectivity index (χ1) is 8.45. The van der Waals surface area contributed by atoms with Gasteiger partial charge in [0.2, 0.25) is 0 Å². The summed E-state index contributed by atoms with van der Waals surface area (Å²) in [7, 11) is -0.287. The van der Waals surface area contributed by atoms with Crippen LogP contribution in [0.1, 0.15) is 6.92 Å². The maximum atomic E-state index is 12.4. The summed E-state index contributed by atoms with van der Waals surface area (Å²) in [4.78, 5) is 3.99. The Kier molecular flexibility index (Phi) is 5.43. The predicted molar refractivity (Wildman–Crippen MR) is 76.6 cm³/mol. The van der Waals surface area contributed by atoms with Crippen LogP contribution in [0.2, 0.25) is 0 Å². The summed E-state index contributed by atoms with van der Waals surface area (Å²) in [5, 5.41) is 2.93. The lowest BCUT2D eigenvalue weighted by Crippen LogP contribution is -2.37. The van der Waals surface area contributed by atoms with Crippen molar-refractivity contribution in [2.75, 3.05) is 31.4 Å². The van der Waals surface area contributed by atoms with Gasteiger partial charge in [0.05, 0.1) is 5.69 Å². The van der Waals surface area contributed by atoms with Crippen molar-refractivity contribution in [1.29, 1.82) is 0 Å². The van der Waals surface area contributed by atoms with Crippen molar-refractivity contribution < 1.29 is 8.42 Å². The summed E-state index contributed by atoms with van der Waals surface area (Å²) in [5.74, 6) is 0.747. The number of hydrogen-bond acceptors (Lipinski definition) is 5. The number of nitrogens with zero attached hydrogens (tertiary/aromatic N) is 2. The van der Waals surface area contributed by atoms with E-state index >= 15 is 0 Å². The Morgan fingerprint density at radius 2 is 2.22 bits per heavy atom. The second-order valence-corrected chi connectivity index (χ2v) is 6.76. The Morgan fingerprint density at radius 3 is 2.78 bits per heavy atom. The van der Waals surface area contributed by atoms with E-state index < -0.39 is 10.0 Å². The molecule has 0 aromatic carbocycles. The molecule has 18 heavy (non-hydrogen) atoms. The minimum Gasteiger partial charge on any atom is -0.386 e. The highest BCUT2D eigenvalue weighted by Crippen LogP contribution is 2.22. The summed E-state index contributed by atoms with van der Waals surface area (Å²) in [6.45, 7) is 1.88. The molecule has 1 atom stereocenters. The van der Waals surface area contributed by atoms with Crippen LogP contribution in [0.25, 0.3) is 0 Å². The van der Waals surface area contributed by atoms with Crippen molar-refractivity contribution in [3.05, 3.63) is 18.3 Å². The van der Waals surface area contributed by atoms with Gasteiger partial charge in [-0.05, 0) is 25.3 Å². The van der Waals surface area contributed by atoms with Gasteiger partial charge < -0.3 is 5.32 Å². The summed E-state index contributed by atoms with van der Waals surface area (Å²) >= 11 is 1.62. The third-order valence-electron chi connectivity index (χ3n) is 2.69. The second-order valence-electron chi connectivity index (χ2n) is 3.93. The number of thioether (sulfide) groups is 1. The molecular weight excluding hydrogens is 270 g/mol. The molecule has 0 amide bonds. The zero-order valence-corrected chi connectivity index (χ0v) is 12.7. The third-order valence-corrected chi connectivity index (χ3v) is 5.44. The highest BCUT2D eigenvalue weighted by atomic mass is 32.2. The highest BCUT2D eigenvalue weighted by Gasteiger charge is 2.28. The van der Waals surface area contributed by atoms with Gasteiger partial charge in [-0.1, -0.05) is 0 Å². The number of rotatable bonds is 6.